The van der Waals surface area contributed by atoms with Crippen LogP contribution in [0.5, 0.6) is 0 Å². The predicted molar refractivity (Wildman–Crippen MR) is 89.3 cm³/mol. The number of urea groups is 1. The summed E-state index contributed by atoms with van der Waals surface area (Å²) in [6.45, 7) is 5.92. The molecule has 0 fully saturated rings. The standard InChI is InChI=1S/C16H21N3O2S/c1-10-8-11(2)18-15(20)13(10)9-17-16(21)19(4)12(3)14-6-5-7-22-14/h5-8,12H,9H2,1-4H3,(H,17,21)(H,18,20)/t12-/m0/s1. The van der Waals surface area contributed by atoms with Gasteiger partial charge < -0.3 is 15.2 Å². The van der Waals surface area contributed by atoms with Crippen LogP contribution in [-0.4, -0.2) is 23.0 Å². The highest BCUT2D eigenvalue weighted by Gasteiger charge is 2.18. The lowest BCUT2D eigenvalue weighted by Gasteiger charge is -2.24. The Kier molecular flexibility index (Phi) is 5.03. The molecule has 2 heterocycles. The summed E-state index contributed by atoms with van der Waals surface area (Å²) in [7, 11) is 1.76. The minimum Gasteiger partial charge on any atom is -0.334 e. The zero-order valence-corrected chi connectivity index (χ0v) is 14.1. The Labute approximate surface area is 134 Å². The van der Waals surface area contributed by atoms with Crippen molar-refractivity contribution >= 4 is 17.4 Å². The third-order valence-corrected chi connectivity index (χ3v) is 4.81. The first-order valence-electron chi connectivity index (χ1n) is 7.13. The molecule has 0 bridgehead atoms. The monoisotopic (exact) mass is 319 g/mol. The molecule has 22 heavy (non-hydrogen) atoms. The zero-order chi connectivity index (χ0) is 16.3. The first-order valence-corrected chi connectivity index (χ1v) is 8.01. The van der Waals surface area contributed by atoms with E-state index in [-0.39, 0.29) is 24.2 Å². The van der Waals surface area contributed by atoms with Gasteiger partial charge in [0.2, 0.25) is 0 Å². The van der Waals surface area contributed by atoms with Crippen LogP contribution >= 0.6 is 11.3 Å². The van der Waals surface area contributed by atoms with Crippen LogP contribution in [-0.2, 0) is 6.54 Å². The summed E-state index contributed by atoms with van der Waals surface area (Å²) in [5.74, 6) is 0. The molecule has 2 amide bonds. The molecule has 0 saturated heterocycles. The summed E-state index contributed by atoms with van der Waals surface area (Å²) in [5.41, 5.74) is 2.15. The van der Waals surface area contributed by atoms with E-state index in [2.05, 4.69) is 10.3 Å². The first kappa shape index (κ1) is 16.3. The van der Waals surface area contributed by atoms with Crippen molar-refractivity contribution in [3.63, 3.8) is 0 Å². The fourth-order valence-electron chi connectivity index (χ4n) is 2.29. The van der Waals surface area contributed by atoms with Gasteiger partial charge in [0.1, 0.15) is 0 Å². The number of aromatic nitrogens is 1. The second-order valence-electron chi connectivity index (χ2n) is 5.40. The fraction of sp³-hybridized carbons (Fsp3) is 0.375. The summed E-state index contributed by atoms with van der Waals surface area (Å²) >= 11 is 1.62. The molecule has 0 aliphatic carbocycles. The van der Waals surface area contributed by atoms with E-state index in [4.69, 9.17) is 0 Å². The maximum atomic E-state index is 12.2. The molecule has 2 aromatic heterocycles. The van der Waals surface area contributed by atoms with Gasteiger partial charge in [0, 0.05) is 23.2 Å². The number of rotatable bonds is 4. The summed E-state index contributed by atoms with van der Waals surface area (Å²) in [6, 6.07) is 5.68. The number of H-pyrrole nitrogens is 1. The number of amides is 2. The average molecular weight is 319 g/mol. The SMILES string of the molecule is Cc1cc(C)c(CNC(=O)N(C)[C@@H](C)c2cccs2)c(=O)[nH]1. The number of aromatic amines is 1. The van der Waals surface area contributed by atoms with Crippen molar-refractivity contribution in [2.24, 2.45) is 0 Å². The van der Waals surface area contributed by atoms with Crippen LogP contribution in [0.2, 0.25) is 0 Å². The quantitative estimate of drug-likeness (QED) is 0.910. The molecule has 0 saturated carbocycles. The maximum Gasteiger partial charge on any atom is 0.317 e. The molecule has 0 aromatic carbocycles. The summed E-state index contributed by atoms with van der Waals surface area (Å²) in [4.78, 5) is 29.7. The van der Waals surface area contributed by atoms with E-state index >= 15 is 0 Å². The third-order valence-electron chi connectivity index (χ3n) is 3.77. The number of hydrogen-bond acceptors (Lipinski definition) is 3. The van der Waals surface area contributed by atoms with Gasteiger partial charge in [-0.15, -0.1) is 11.3 Å². The van der Waals surface area contributed by atoms with Crippen LogP contribution in [0.3, 0.4) is 0 Å². The number of carbonyl (C=O) groups excluding carboxylic acids is 1. The third kappa shape index (κ3) is 3.57. The lowest BCUT2D eigenvalue weighted by Crippen LogP contribution is -2.39. The number of thiophene rings is 1. The molecular weight excluding hydrogens is 298 g/mol. The number of hydrogen-bond donors (Lipinski definition) is 2. The highest BCUT2D eigenvalue weighted by Crippen LogP contribution is 2.23. The van der Waals surface area contributed by atoms with Gasteiger partial charge in [-0.3, -0.25) is 4.79 Å². The molecule has 5 nitrogen and oxygen atoms in total. The predicted octanol–water partition coefficient (Wildman–Crippen LogP) is 2.96. The van der Waals surface area contributed by atoms with Gasteiger partial charge in [-0.2, -0.15) is 0 Å². The van der Waals surface area contributed by atoms with E-state index in [1.807, 2.05) is 44.4 Å². The Morgan fingerprint density at radius 3 is 2.77 bits per heavy atom. The maximum absolute atomic E-state index is 12.2. The molecule has 0 aliphatic heterocycles. The minimum absolute atomic E-state index is 0.00241. The van der Waals surface area contributed by atoms with E-state index in [1.54, 1.807) is 23.3 Å². The first-order chi connectivity index (χ1) is 10.4. The number of nitrogens with zero attached hydrogens (tertiary/aromatic N) is 1. The molecule has 1 atom stereocenters. The van der Waals surface area contributed by atoms with Crippen molar-refractivity contribution in [3.8, 4) is 0 Å². The van der Waals surface area contributed by atoms with Crippen LogP contribution in [0.4, 0.5) is 4.79 Å². The number of nitrogens with one attached hydrogen (secondary N) is 2. The van der Waals surface area contributed by atoms with Crippen molar-refractivity contribution in [1.82, 2.24) is 15.2 Å². The van der Waals surface area contributed by atoms with Gasteiger partial charge in [0.05, 0.1) is 12.6 Å². The molecule has 2 rings (SSSR count). The van der Waals surface area contributed by atoms with Gasteiger partial charge in [-0.1, -0.05) is 6.07 Å². The molecule has 0 aliphatic rings. The Morgan fingerprint density at radius 2 is 2.18 bits per heavy atom. The van der Waals surface area contributed by atoms with Gasteiger partial charge in [0.15, 0.2) is 0 Å². The Bertz CT molecular complexity index is 707. The average Bonchev–Trinajstić information content (AvgIpc) is 2.98. The number of carbonyl (C=O) groups is 1. The molecule has 2 aromatic rings. The van der Waals surface area contributed by atoms with E-state index in [9.17, 15) is 9.59 Å². The smallest absolute Gasteiger partial charge is 0.317 e. The lowest BCUT2D eigenvalue weighted by molar-refractivity contribution is 0.194. The highest BCUT2D eigenvalue weighted by atomic mass is 32.1. The number of pyridine rings is 1. The van der Waals surface area contributed by atoms with Crippen LogP contribution in [0.15, 0.2) is 28.4 Å². The van der Waals surface area contributed by atoms with E-state index < -0.39 is 0 Å². The van der Waals surface area contributed by atoms with Gasteiger partial charge in [-0.05, 0) is 43.8 Å². The minimum atomic E-state index is -0.194. The van der Waals surface area contributed by atoms with Crippen LogP contribution < -0.4 is 10.9 Å². The van der Waals surface area contributed by atoms with Crippen LogP contribution in [0.1, 0.15) is 34.7 Å². The van der Waals surface area contributed by atoms with Crippen molar-refractivity contribution < 1.29 is 4.79 Å². The topological polar surface area (TPSA) is 65.2 Å². The number of aryl methyl sites for hydroxylation is 2. The summed E-state index contributed by atoms with van der Waals surface area (Å²) in [5, 5.41) is 4.81. The van der Waals surface area contributed by atoms with Gasteiger partial charge in [0.25, 0.3) is 5.56 Å². The zero-order valence-electron chi connectivity index (χ0n) is 13.3. The molecule has 0 unspecified atom stereocenters. The summed E-state index contributed by atoms with van der Waals surface area (Å²) in [6.07, 6.45) is 0. The Hall–Kier alpha value is -2.08. The Morgan fingerprint density at radius 1 is 1.45 bits per heavy atom. The Balaban J connectivity index is 2.03. The second kappa shape index (κ2) is 6.79. The normalized spacial score (nSPS) is 12.0. The highest BCUT2D eigenvalue weighted by molar-refractivity contribution is 7.10. The van der Waals surface area contributed by atoms with Crippen molar-refractivity contribution in [2.45, 2.75) is 33.4 Å². The second-order valence-corrected chi connectivity index (χ2v) is 6.38. The van der Waals surface area contributed by atoms with Crippen molar-refractivity contribution in [1.29, 1.82) is 0 Å². The molecule has 0 radical (unpaired) electrons. The molecule has 118 valence electrons. The lowest BCUT2D eigenvalue weighted by atomic mass is 10.1. The largest absolute Gasteiger partial charge is 0.334 e. The van der Waals surface area contributed by atoms with E-state index in [0.29, 0.717) is 5.56 Å². The van der Waals surface area contributed by atoms with Crippen molar-refractivity contribution in [2.75, 3.05) is 7.05 Å². The molecule has 0 spiro atoms. The fourth-order valence-corrected chi connectivity index (χ4v) is 3.11. The van der Waals surface area contributed by atoms with Gasteiger partial charge in [-0.25, -0.2) is 4.79 Å². The van der Waals surface area contributed by atoms with Crippen LogP contribution in [0, 0.1) is 13.8 Å². The van der Waals surface area contributed by atoms with Crippen molar-refractivity contribution in [3.05, 3.63) is 55.6 Å². The molecule has 6 heteroatoms. The van der Waals surface area contributed by atoms with Crippen LogP contribution in [0.25, 0.3) is 0 Å². The molecule has 2 N–H and O–H groups in total. The summed E-state index contributed by atoms with van der Waals surface area (Å²) < 4.78 is 0. The van der Waals surface area contributed by atoms with E-state index in [0.717, 1.165) is 16.1 Å². The van der Waals surface area contributed by atoms with Gasteiger partial charge >= 0.3 is 6.03 Å². The van der Waals surface area contributed by atoms with E-state index in [1.165, 1.54) is 0 Å². The molecular formula is C16H21N3O2S.